The Labute approximate surface area is 104 Å². The zero-order valence-corrected chi connectivity index (χ0v) is 10.1. The molecule has 1 heterocycles. The Morgan fingerprint density at radius 1 is 1.41 bits per heavy atom. The summed E-state index contributed by atoms with van der Waals surface area (Å²) in [6.45, 7) is 0.537. The predicted octanol–water partition coefficient (Wildman–Crippen LogP) is 3.35. The summed E-state index contributed by atoms with van der Waals surface area (Å²) < 4.78 is 15.6. The van der Waals surface area contributed by atoms with Gasteiger partial charge in [-0.1, -0.05) is 12.1 Å². The fourth-order valence-corrected chi connectivity index (χ4v) is 1.49. The molecule has 5 heteroatoms. The molecule has 4 nitrogen and oxygen atoms in total. The Balaban J connectivity index is 2.09. The van der Waals surface area contributed by atoms with E-state index in [0.29, 0.717) is 23.9 Å². The van der Waals surface area contributed by atoms with Gasteiger partial charge in [-0.25, -0.2) is 0 Å². The molecule has 0 N–H and O–H groups in total. The second kappa shape index (κ2) is 5.70. The van der Waals surface area contributed by atoms with E-state index in [1.807, 2.05) is 24.3 Å². The van der Waals surface area contributed by atoms with Crippen molar-refractivity contribution in [2.75, 3.05) is 7.11 Å². The van der Waals surface area contributed by atoms with E-state index < -0.39 is 0 Å². The van der Waals surface area contributed by atoms with Crippen LogP contribution in [0.15, 0.2) is 34.9 Å². The largest absolute Gasteiger partial charge is 0.417 e. The van der Waals surface area contributed by atoms with Crippen molar-refractivity contribution in [1.29, 1.82) is 0 Å². The molecule has 1 aromatic carbocycles. The number of aromatic nitrogens is 1. The minimum Gasteiger partial charge on any atom is -0.417 e. The molecule has 0 aliphatic rings. The van der Waals surface area contributed by atoms with Crippen molar-refractivity contribution in [3.8, 4) is 11.8 Å². The number of oxazole rings is 1. The van der Waals surface area contributed by atoms with Gasteiger partial charge in [-0.3, -0.25) is 0 Å². The van der Waals surface area contributed by atoms with Gasteiger partial charge >= 0.3 is 6.08 Å². The van der Waals surface area contributed by atoms with Gasteiger partial charge in [0, 0.05) is 7.11 Å². The number of halogens is 1. The van der Waals surface area contributed by atoms with Gasteiger partial charge in [0.1, 0.15) is 12.0 Å². The zero-order valence-electron chi connectivity index (χ0n) is 9.35. The molecule has 2 aromatic rings. The van der Waals surface area contributed by atoms with Crippen LogP contribution in [0, 0.1) is 0 Å². The lowest BCUT2D eigenvalue weighted by atomic mass is 10.2. The minimum absolute atomic E-state index is 0.190. The monoisotopic (exact) mass is 253 g/mol. The van der Waals surface area contributed by atoms with Crippen LogP contribution >= 0.6 is 11.6 Å². The third-order valence-electron chi connectivity index (χ3n) is 2.08. The lowest BCUT2D eigenvalue weighted by Crippen LogP contribution is -1.89. The molecule has 0 fully saturated rings. The molecule has 0 amide bonds. The molecule has 90 valence electrons. The SMILES string of the molecule is COCc1cccc(Oc2nc(CCl)co2)c1. The quantitative estimate of drug-likeness (QED) is 0.767. The zero-order chi connectivity index (χ0) is 12.1. The normalized spacial score (nSPS) is 10.5. The maximum atomic E-state index is 5.62. The molecule has 1 aromatic heterocycles. The lowest BCUT2D eigenvalue weighted by molar-refractivity contribution is 0.184. The van der Waals surface area contributed by atoms with Crippen LogP contribution in [-0.2, 0) is 17.2 Å². The summed E-state index contributed by atoms with van der Waals surface area (Å²) in [5.74, 6) is 0.957. The molecule has 17 heavy (non-hydrogen) atoms. The lowest BCUT2D eigenvalue weighted by Gasteiger charge is -2.03. The third-order valence-corrected chi connectivity index (χ3v) is 2.36. The van der Waals surface area contributed by atoms with E-state index in [1.165, 1.54) is 6.26 Å². The van der Waals surface area contributed by atoms with E-state index in [-0.39, 0.29) is 6.08 Å². The summed E-state index contributed by atoms with van der Waals surface area (Å²) in [7, 11) is 1.65. The molecule has 2 rings (SSSR count). The van der Waals surface area contributed by atoms with Crippen molar-refractivity contribution in [3.05, 3.63) is 41.8 Å². The first-order valence-corrected chi connectivity index (χ1v) is 5.61. The second-order valence-corrected chi connectivity index (χ2v) is 3.69. The number of benzene rings is 1. The van der Waals surface area contributed by atoms with Crippen molar-refractivity contribution in [2.45, 2.75) is 12.5 Å². The van der Waals surface area contributed by atoms with E-state index in [2.05, 4.69) is 4.98 Å². The molecule has 0 radical (unpaired) electrons. The predicted molar refractivity (Wildman–Crippen MR) is 63.3 cm³/mol. The first kappa shape index (κ1) is 12.0. The summed E-state index contributed by atoms with van der Waals surface area (Å²) in [5.41, 5.74) is 1.67. The van der Waals surface area contributed by atoms with Crippen molar-refractivity contribution in [3.63, 3.8) is 0 Å². The van der Waals surface area contributed by atoms with Crippen LogP contribution in [0.1, 0.15) is 11.3 Å². The second-order valence-electron chi connectivity index (χ2n) is 3.42. The number of methoxy groups -OCH3 is 1. The van der Waals surface area contributed by atoms with Gasteiger partial charge < -0.3 is 13.9 Å². The van der Waals surface area contributed by atoms with E-state index in [0.717, 1.165) is 5.56 Å². The molecular formula is C12H12ClNO3. The maximum Gasteiger partial charge on any atom is 0.399 e. The fourth-order valence-electron chi connectivity index (χ4n) is 1.36. The highest BCUT2D eigenvalue weighted by atomic mass is 35.5. The number of hydrogen-bond donors (Lipinski definition) is 0. The average Bonchev–Trinajstić information content (AvgIpc) is 2.78. The number of rotatable bonds is 5. The summed E-state index contributed by atoms with van der Waals surface area (Å²) >= 11 is 5.62. The highest BCUT2D eigenvalue weighted by Crippen LogP contribution is 2.22. The van der Waals surface area contributed by atoms with Crippen LogP contribution in [0.25, 0.3) is 0 Å². The topological polar surface area (TPSA) is 44.5 Å². The molecule has 0 spiro atoms. The van der Waals surface area contributed by atoms with Crippen LogP contribution in [0.4, 0.5) is 0 Å². The molecular weight excluding hydrogens is 242 g/mol. The summed E-state index contributed by atoms with van der Waals surface area (Å²) in [6.07, 6.45) is 1.66. The Kier molecular flexibility index (Phi) is 4.01. The summed E-state index contributed by atoms with van der Waals surface area (Å²) in [5, 5.41) is 0. The molecule has 0 unspecified atom stereocenters. The van der Waals surface area contributed by atoms with E-state index in [9.17, 15) is 0 Å². The van der Waals surface area contributed by atoms with Gasteiger partial charge in [0.15, 0.2) is 0 Å². The standard InChI is InChI=1S/C12H12ClNO3/c1-15-7-9-3-2-4-11(5-9)17-12-14-10(6-13)8-16-12/h2-5,8H,6-7H2,1H3. The van der Waals surface area contributed by atoms with Crippen LogP contribution in [0.2, 0.25) is 0 Å². The number of nitrogens with zero attached hydrogens (tertiary/aromatic N) is 1. The van der Waals surface area contributed by atoms with Crippen LogP contribution in [0.5, 0.6) is 11.8 Å². The van der Waals surface area contributed by atoms with E-state index in [4.69, 9.17) is 25.5 Å². The van der Waals surface area contributed by atoms with Crippen molar-refractivity contribution >= 4 is 11.6 Å². The summed E-state index contributed by atoms with van der Waals surface area (Å²) in [6, 6.07) is 7.53. The van der Waals surface area contributed by atoms with Gasteiger partial charge in [0.2, 0.25) is 0 Å². The van der Waals surface area contributed by atoms with Crippen molar-refractivity contribution in [1.82, 2.24) is 4.98 Å². The van der Waals surface area contributed by atoms with Gasteiger partial charge in [-0.15, -0.1) is 11.6 Å². The molecule has 0 bridgehead atoms. The first-order chi connectivity index (χ1) is 8.31. The van der Waals surface area contributed by atoms with Crippen molar-refractivity contribution in [2.24, 2.45) is 0 Å². The Bertz CT molecular complexity index is 484. The van der Waals surface area contributed by atoms with Gasteiger partial charge in [0.25, 0.3) is 0 Å². The Morgan fingerprint density at radius 2 is 2.29 bits per heavy atom. The Hall–Kier alpha value is -1.52. The number of hydrogen-bond acceptors (Lipinski definition) is 4. The third kappa shape index (κ3) is 3.22. The molecule has 0 saturated carbocycles. The van der Waals surface area contributed by atoms with E-state index >= 15 is 0 Å². The molecule has 0 aliphatic heterocycles. The highest BCUT2D eigenvalue weighted by Gasteiger charge is 2.05. The van der Waals surface area contributed by atoms with Gasteiger partial charge in [-0.05, 0) is 17.7 Å². The number of ether oxygens (including phenoxy) is 2. The maximum absolute atomic E-state index is 5.62. The first-order valence-electron chi connectivity index (χ1n) is 5.08. The molecule has 0 aliphatic carbocycles. The van der Waals surface area contributed by atoms with Gasteiger partial charge in [-0.2, -0.15) is 4.98 Å². The van der Waals surface area contributed by atoms with Crippen LogP contribution in [0.3, 0.4) is 0 Å². The highest BCUT2D eigenvalue weighted by molar-refractivity contribution is 6.16. The molecule has 0 atom stereocenters. The van der Waals surface area contributed by atoms with Gasteiger partial charge in [0.05, 0.1) is 18.2 Å². The Morgan fingerprint density at radius 3 is 3.00 bits per heavy atom. The minimum atomic E-state index is 0.190. The number of alkyl halides is 1. The fraction of sp³-hybridized carbons (Fsp3) is 0.250. The van der Waals surface area contributed by atoms with Crippen molar-refractivity contribution < 1.29 is 13.9 Å². The van der Waals surface area contributed by atoms with Crippen LogP contribution in [-0.4, -0.2) is 12.1 Å². The summed E-state index contributed by atoms with van der Waals surface area (Å²) in [4.78, 5) is 4.05. The average molecular weight is 254 g/mol. The molecule has 0 saturated heterocycles. The van der Waals surface area contributed by atoms with Crippen LogP contribution < -0.4 is 4.74 Å². The smallest absolute Gasteiger partial charge is 0.399 e. The van der Waals surface area contributed by atoms with E-state index in [1.54, 1.807) is 7.11 Å².